The first-order chi connectivity index (χ1) is 20.5. The number of ether oxygens (including phenoxy) is 3. The van der Waals surface area contributed by atoms with Crippen LogP contribution in [0, 0.1) is 13.8 Å². The maximum atomic E-state index is 14.1. The SMILES string of the molecule is COc1cc2c(cc1-c1c(C)noc1C)cc(-c1ccc(NC(=O)OC(C)(C)C)nc1)c(=O)n2Cc1ncccc1OC. The number of carbonyl (C=O) groups is 1. The molecule has 222 valence electrons. The van der Waals surface area contributed by atoms with E-state index in [9.17, 15) is 9.59 Å². The van der Waals surface area contributed by atoms with E-state index >= 15 is 0 Å². The molecule has 1 N–H and O–H groups in total. The third-order valence-electron chi connectivity index (χ3n) is 6.80. The van der Waals surface area contributed by atoms with Gasteiger partial charge in [-0.3, -0.25) is 15.1 Å². The second-order valence-corrected chi connectivity index (χ2v) is 11.0. The monoisotopic (exact) mass is 583 g/mol. The molecule has 0 saturated carbocycles. The maximum Gasteiger partial charge on any atom is 0.413 e. The molecule has 1 amide bonds. The lowest BCUT2D eigenvalue weighted by atomic mass is 9.98. The van der Waals surface area contributed by atoms with E-state index in [1.165, 1.54) is 0 Å². The van der Waals surface area contributed by atoms with Gasteiger partial charge in [0.25, 0.3) is 5.56 Å². The third-order valence-corrected chi connectivity index (χ3v) is 6.80. The minimum atomic E-state index is -0.651. The summed E-state index contributed by atoms with van der Waals surface area (Å²) >= 11 is 0. The molecule has 5 aromatic rings. The Balaban J connectivity index is 1.68. The predicted molar refractivity (Wildman–Crippen MR) is 163 cm³/mol. The van der Waals surface area contributed by atoms with E-state index in [1.807, 2.05) is 32.0 Å². The third kappa shape index (κ3) is 6.06. The summed E-state index contributed by atoms with van der Waals surface area (Å²) in [7, 11) is 3.15. The fourth-order valence-corrected chi connectivity index (χ4v) is 4.92. The van der Waals surface area contributed by atoms with E-state index in [4.69, 9.17) is 18.7 Å². The minimum Gasteiger partial charge on any atom is -0.496 e. The molecular weight excluding hydrogens is 550 g/mol. The summed E-state index contributed by atoms with van der Waals surface area (Å²) in [4.78, 5) is 35.2. The average molecular weight is 584 g/mol. The number of pyridine rings is 3. The number of amides is 1. The van der Waals surface area contributed by atoms with Crippen LogP contribution in [0.4, 0.5) is 10.6 Å². The van der Waals surface area contributed by atoms with Crippen LogP contribution in [0.1, 0.15) is 37.9 Å². The van der Waals surface area contributed by atoms with Crippen molar-refractivity contribution in [3.05, 3.63) is 82.4 Å². The first kappa shape index (κ1) is 29.3. The van der Waals surface area contributed by atoms with Crippen molar-refractivity contribution in [3.63, 3.8) is 0 Å². The Morgan fingerprint density at radius 3 is 2.37 bits per heavy atom. The number of aromatic nitrogens is 4. The highest BCUT2D eigenvalue weighted by Crippen LogP contribution is 2.38. The Labute approximate surface area is 248 Å². The van der Waals surface area contributed by atoms with Crippen LogP contribution in [-0.2, 0) is 11.3 Å². The molecule has 43 heavy (non-hydrogen) atoms. The molecule has 0 fully saturated rings. The second kappa shape index (κ2) is 11.6. The van der Waals surface area contributed by atoms with Gasteiger partial charge < -0.3 is 23.3 Å². The van der Waals surface area contributed by atoms with E-state index in [0.717, 1.165) is 22.2 Å². The quantitative estimate of drug-likeness (QED) is 0.240. The van der Waals surface area contributed by atoms with Crippen molar-refractivity contribution in [2.75, 3.05) is 19.5 Å². The van der Waals surface area contributed by atoms with Gasteiger partial charge in [0, 0.05) is 35.2 Å². The molecule has 0 radical (unpaired) electrons. The van der Waals surface area contributed by atoms with Crippen molar-refractivity contribution in [3.8, 4) is 33.8 Å². The van der Waals surface area contributed by atoms with E-state index in [1.54, 1.807) is 76.2 Å². The lowest BCUT2D eigenvalue weighted by Gasteiger charge is -2.19. The summed E-state index contributed by atoms with van der Waals surface area (Å²) in [6, 6.07) is 12.5. The zero-order valence-corrected chi connectivity index (χ0v) is 25.1. The zero-order chi connectivity index (χ0) is 30.9. The number of nitrogens with zero attached hydrogens (tertiary/aromatic N) is 4. The van der Waals surface area contributed by atoms with Crippen molar-refractivity contribution >= 4 is 22.8 Å². The van der Waals surface area contributed by atoms with Crippen molar-refractivity contribution in [1.29, 1.82) is 0 Å². The summed E-state index contributed by atoms with van der Waals surface area (Å²) in [6.07, 6.45) is 2.58. The molecule has 0 unspecified atom stereocenters. The molecule has 4 heterocycles. The fraction of sp³-hybridized carbons (Fsp3) is 0.281. The van der Waals surface area contributed by atoms with Crippen LogP contribution in [0.25, 0.3) is 33.2 Å². The van der Waals surface area contributed by atoms with Gasteiger partial charge in [0.1, 0.15) is 34.4 Å². The minimum absolute atomic E-state index is 0.146. The van der Waals surface area contributed by atoms with Crippen LogP contribution in [-0.4, -0.2) is 45.6 Å². The maximum absolute atomic E-state index is 14.1. The predicted octanol–water partition coefficient (Wildman–Crippen LogP) is 6.14. The largest absolute Gasteiger partial charge is 0.496 e. The summed E-state index contributed by atoms with van der Waals surface area (Å²) in [5, 5.41) is 7.51. The smallest absolute Gasteiger partial charge is 0.413 e. The van der Waals surface area contributed by atoms with Gasteiger partial charge in [-0.1, -0.05) is 5.16 Å². The van der Waals surface area contributed by atoms with Crippen molar-refractivity contribution in [1.82, 2.24) is 19.7 Å². The van der Waals surface area contributed by atoms with Gasteiger partial charge in [-0.25, -0.2) is 9.78 Å². The van der Waals surface area contributed by atoms with Crippen molar-refractivity contribution in [2.45, 2.75) is 46.8 Å². The molecule has 0 saturated heterocycles. The molecular formula is C32H33N5O6. The van der Waals surface area contributed by atoms with Gasteiger partial charge in [0.05, 0.1) is 37.5 Å². The van der Waals surface area contributed by atoms with Gasteiger partial charge in [-0.05, 0) is 76.4 Å². The van der Waals surface area contributed by atoms with Crippen LogP contribution in [0.15, 0.2) is 64.2 Å². The molecule has 1 aromatic carbocycles. The van der Waals surface area contributed by atoms with Gasteiger partial charge in [-0.2, -0.15) is 0 Å². The molecule has 11 heteroatoms. The Bertz CT molecular complexity index is 1850. The van der Waals surface area contributed by atoms with Crippen molar-refractivity contribution < 1.29 is 23.5 Å². The molecule has 0 atom stereocenters. The first-order valence-electron chi connectivity index (χ1n) is 13.6. The normalized spacial score (nSPS) is 11.4. The second-order valence-electron chi connectivity index (χ2n) is 11.0. The molecule has 0 bridgehead atoms. The van der Waals surface area contributed by atoms with Gasteiger partial charge in [0.15, 0.2) is 0 Å². The number of methoxy groups -OCH3 is 2. The topological polar surface area (TPSA) is 131 Å². The number of rotatable bonds is 7. The number of nitrogens with one attached hydrogen (secondary N) is 1. The summed E-state index contributed by atoms with van der Waals surface area (Å²) < 4.78 is 23.7. The van der Waals surface area contributed by atoms with E-state index < -0.39 is 11.7 Å². The van der Waals surface area contributed by atoms with E-state index in [-0.39, 0.29) is 12.1 Å². The number of aryl methyl sites for hydroxylation is 2. The lowest BCUT2D eigenvalue weighted by molar-refractivity contribution is 0.0635. The summed E-state index contributed by atoms with van der Waals surface area (Å²) in [5.41, 5.74) is 3.63. The number of benzene rings is 1. The molecule has 11 nitrogen and oxygen atoms in total. The number of fused-ring (bicyclic) bond motifs is 1. The van der Waals surface area contributed by atoms with E-state index in [2.05, 4.69) is 20.4 Å². The first-order valence-corrected chi connectivity index (χ1v) is 13.6. The fourth-order valence-electron chi connectivity index (χ4n) is 4.92. The lowest BCUT2D eigenvalue weighted by Crippen LogP contribution is -2.27. The number of anilines is 1. The summed E-state index contributed by atoms with van der Waals surface area (Å²) in [5.74, 6) is 2.07. The van der Waals surface area contributed by atoms with Crippen LogP contribution in [0.3, 0.4) is 0 Å². The Hall–Kier alpha value is -5.19. The van der Waals surface area contributed by atoms with Crippen LogP contribution in [0.5, 0.6) is 11.5 Å². The zero-order valence-electron chi connectivity index (χ0n) is 25.1. The number of carbonyl (C=O) groups excluding carboxylic acids is 1. The molecule has 4 aromatic heterocycles. The highest BCUT2D eigenvalue weighted by atomic mass is 16.6. The average Bonchev–Trinajstić information content (AvgIpc) is 3.30. The van der Waals surface area contributed by atoms with E-state index in [0.29, 0.717) is 45.4 Å². The summed E-state index contributed by atoms with van der Waals surface area (Å²) in [6.45, 7) is 9.20. The van der Waals surface area contributed by atoms with Crippen LogP contribution < -0.4 is 20.3 Å². The Morgan fingerprint density at radius 2 is 1.74 bits per heavy atom. The van der Waals surface area contributed by atoms with Crippen LogP contribution >= 0.6 is 0 Å². The molecule has 0 aliphatic rings. The molecule has 0 spiro atoms. The standard InChI is InChI=1S/C32H33N5O6/c1-18-29(19(2)43-36-18)23-14-21-13-22(20-10-11-28(34-16-20)35-31(39)42-32(3,4)5)30(38)37(25(21)15-27(23)41-7)17-24-26(40-6)9-8-12-33-24/h8-16H,17H2,1-7H3,(H,34,35,39). The molecule has 5 rings (SSSR count). The molecule has 0 aliphatic heterocycles. The van der Waals surface area contributed by atoms with Crippen LogP contribution in [0.2, 0.25) is 0 Å². The Kier molecular flexibility index (Phi) is 7.90. The number of hydrogen-bond acceptors (Lipinski definition) is 9. The number of hydrogen-bond donors (Lipinski definition) is 1. The van der Waals surface area contributed by atoms with Gasteiger partial charge in [0.2, 0.25) is 0 Å². The van der Waals surface area contributed by atoms with Gasteiger partial charge in [-0.15, -0.1) is 0 Å². The highest BCUT2D eigenvalue weighted by molar-refractivity contribution is 5.92. The van der Waals surface area contributed by atoms with Crippen molar-refractivity contribution in [2.24, 2.45) is 0 Å². The van der Waals surface area contributed by atoms with Gasteiger partial charge >= 0.3 is 6.09 Å². The molecule has 0 aliphatic carbocycles. The highest BCUT2D eigenvalue weighted by Gasteiger charge is 2.21. The Morgan fingerprint density at radius 1 is 1.00 bits per heavy atom.